The largest absolute Gasteiger partial charge is 0.396 e. The second-order valence-corrected chi connectivity index (χ2v) is 7.17. The van der Waals surface area contributed by atoms with Crippen LogP contribution in [0.25, 0.3) is 0 Å². The van der Waals surface area contributed by atoms with Gasteiger partial charge in [0.1, 0.15) is 0 Å². The van der Waals surface area contributed by atoms with Gasteiger partial charge in [-0.1, -0.05) is 12.1 Å². The molecule has 20 heavy (non-hydrogen) atoms. The van der Waals surface area contributed by atoms with E-state index in [9.17, 15) is 13.5 Å². The normalized spacial score (nSPS) is 18.9. The molecule has 0 saturated carbocycles. The molecule has 1 fully saturated rings. The summed E-state index contributed by atoms with van der Waals surface area (Å²) in [6.45, 7) is 3.91. The summed E-state index contributed by atoms with van der Waals surface area (Å²) in [4.78, 5) is 2.67. The Morgan fingerprint density at radius 3 is 2.35 bits per heavy atom. The third kappa shape index (κ3) is 3.79. The van der Waals surface area contributed by atoms with Gasteiger partial charge in [0, 0.05) is 45.1 Å². The predicted molar refractivity (Wildman–Crippen MR) is 78.4 cm³/mol. The van der Waals surface area contributed by atoms with Gasteiger partial charge in [0.2, 0.25) is 0 Å². The summed E-state index contributed by atoms with van der Waals surface area (Å²) in [5.74, 6) is 0. The Morgan fingerprint density at radius 1 is 1.25 bits per heavy atom. The first-order valence-electron chi connectivity index (χ1n) is 6.88. The lowest BCUT2D eigenvalue weighted by atomic mass is 10.0. The average Bonchev–Trinajstić information content (AvgIpc) is 2.45. The van der Waals surface area contributed by atoms with Gasteiger partial charge in [-0.25, -0.2) is 8.42 Å². The Morgan fingerprint density at radius 2 is 1.85 bits per heavy atom. The van der Waals surface area contributed by atoms with Crippen LogP contribution in [-0.4, -0.2) is 57.5 Å². The first-order valence-corrected chi connectivity index (χ1v) is 8.77. The zero-order chi connectivity index (χ0) is 14.6. The maximum atomic E-state index is 11.5. The Kier molecular flexibility index (Phi) is 5.15. The molecule has 1 aromatic rings. The van der Waals surface area contributed by atoms with Crippen LogP contribution in [0.5, 0.6) is 0 Å². The number of hydrogen-bond donors (Lipinski definition) is 2. The molecule has 1 aliphatic heterocycles. The minimum atomic E-state index is -3.16. The molecule has 2 rings (SSSR count). The molecule has 0 bridgehead atoms. The molecule has 0 unspecified atom stereocenters. The van der Waals surface area contributed by atoms with Crippen molar-refractivity contribution in [1.82, 2.24) is 10.2 Å². The van der Waals surface area contributed by atoms with E-state index in [1.54, 1.807) is 12.1 Å². The summed E-state index contributed by atoms with van der Waals surface area (Å²) < 4.78 is 23.0. The third-order valence-corrected chi connectivity index (χ3v) is 4.82. The van der Waals surface area contributed by atoms with E-state index in [4.69, 9.17) is 0 Å². The lowest BCUT2D eigenvalue weighted by Gasteiger charge is -2.35. The molecule has 0 spiro atoms. The number of benzene rings is 1. The van der Waals surface area contributed by atoms with Crippen molar-refractivity contribution in [3.8, 4) is 0 Å². The first kappa shape index (κ1) is 15.4. The van der Waals surface area contributed by atoms with Gasteiger partial charge in [-0.15, -0.1) is 0 Å². The quantitative estimate of drug-likeness (QED) is 0.824. The molecule has 0 aliphatic carbocycles. The zero-order valence-electron chi connectivity index (χ0n) is 11.7. The van der Waals surface area contributed by atoms with Crippen molar-refractivity contribution >= 4 is 9.84 Å². The van der Waals surface area contributed by atoms with E-state index in [0.717, 1.165) is 31.7 Å². The van der Waals surface area contributed by atoms with Gasteiger partial charge >= 0.3 is 0 Å². The van der Waals surface area contributed by atoms with E-state index in [1.165, 1.54) is 6.26 Å². The molecule has 1 atom stereocenters. The molecule has 112 valence electrons. The van der Waals surface area contributed by atoms with Crippen LogP contribution in [0.15, 0.2) is 29.2 Å². The number of aliphatic hydroxyl groups excluding tert-OH is 1. The summed E-state index contributed by atoms with van der Waals surface area (Å²) in [5.41, 5.74) is 1.06. The summed E-state index contributed by atoms with van der Waals surface area (Å²) in [7, 11) is -3.16. The summed E-state index contributed by atoms with van der Waals surface area (Å²) in [5, 5.41) is 12.6. The lowest BCUT2D eigenvalue weighted by molar-refractivity contribution is 0.141. The molecule has 0 amide bonds. The molecule has 1 saturated heterocycles. The molecular formula is C14H22N2O3S. The zero-order valence-corrected chi connectivity index (χ0v) is 12.6. The average molecular weight is 298 g/mol. The van der Waals surface area contributed by atoms with Gasteiger partial charge in [-0.2, -0.15) is 0 Å². The Hall–Kier alpha value is -0.950. The highest BCUT2D eigenvalue weighted by Crippen LogP contribution is 2.25. The fourth-order valence-electron chi connectivity index (χ4n) is 2.61. The second kappa shape index (κ2) is 6.67. The molecule has 1 aromatic carbocycles. The van der Waals surface area contributed by atoms with E-state index < -0.39 is 9.84 Å². The van der Waals surface area contributed by atoms with Gasteiger partial charge in [-0.05, 0) is 24.1 Å². The topological polar surface area (TPSA) is 69.6 Å². The predicted octanol–water partition coefficient (Wildman–Crippen LogP) is 0.419. The van der Waals surface area contributed by atoms with Crippen molar-refractivity contribution in [2.45, 2.75) is 17.4 Å². The second-order valence-electron chi connectivity index (χ2n) is 5.16. The number of nitrogens with one attached hydrogen (secondary N) is 1. The molecule has 5 nitrogen and oxygen atoms in total. The highest BCUT2D eigenvalue weighted by Gasteiger charge is 2.22. The minimum absolute atomic E-state index is 0.127. The van der Waals surface area contributed by atoms with Crippen molar-refractivity contribution < 1.29 is 13.5 Å². The Labute approximate surface area is 120 Å². The first-order chi connectivity index (χ1) is 9.52. The van der Waals surface area contributed by atoms with Crippen molar-refractivity contribution in [1.29, 1.82) is 0 Å². The molecule has 0 aromatic heterocycles. The van der Waals surface area contributed by atoms with Gasteiger partial charge in [0.25, 0.3) is 0 Å². The molecule has 1 heterocycles. The van der Waals surface area contributed by atoms with E-state index in [0.29, 0.717) is 11.3 Å². The van der Waals surface area contributed by atoms with E-state index in [1.807, 2.05) is 12.1 Å². The molecule has 2 N–H and O–H groups in total. The van der Waals surface area contributed by atoms with Crippen LogP contribution in [0.2, 0.25) is 0 Å². The van der Waals surface area contributed by atoms with Gasteiger partial charge in [0.15, 0.2) is 9.84 Å². The maximum absolute atomic E-state index is 11.5. The van der Waals surface area contributed by atoms with Crippen LogP contribution in [0.4, 0.5) is 0 Å². The maximum Gasteiger partial charge on any atom is 0.175 e. The van der Waals surface area contributed by atoms with Crippen LogP contribution < -0.4 is 5.32 Å². The van der Waals surface area contributed by atoms with E-state index >= 15 is 0 Å². The fourth-order valence-corrected chi connectivity index (χ4v) is 3.24. The minimum Gasteiger partial charge on any atom is -0.396 e. The van der Waals surface area contributed by atoms with Crippen LogP contribution in [0, 0.1) is 0 Å². The molecule has 6 heteroatoms. The summed E-state index contributed by atoms with van der Waals surface area (Å²) in [6, 6.07) is 7.17. The van der Waals surface area contributed by atoms with Crippen LogP contribution in [0.1, 0.15) is 18.0 Å². The van der Waals surface area contributed by atoms with E-state index in [2.05, 4.69) is 10.2 Å². The van der Waals surface area contributed by atoms with Crippen LogP contribution in [0.3, 0.4) is 0 Å². The number of nitrogens with zero attached hydrogens (tertiary/aromatic N) is 1. The number of hydrogen-bond acceptors (Lipinski definition) is 5. The number of sulfone groups is 1. The Bertz CT molecular complexity index is 522. The highest BCUT2D eigenvalue weighted by atomic mass is 32.2. The molecule has 0 radical (unpaired) electrons. The molecular weight excluding hydrogens is 276 g/mol. The van der Waals surface area contributed by atoms with Crippen molar-refractivity contribution in [3.63, 3.8) is 0 Å². The summed E-state index contributed by atoms with van der Waals surface area (Å²) in [6.07, 6.45) is 1.88. The van der Waals surface area contributed by atoms with Crippen molar-refractivity contribution in [3.05, 3.63) is 29.8 Å². The van der Waals surface area contributed by atoms with Crippen molar-refractivity contribution in [2.75, 3.05) is 39.0 Å². The SMILES string of the molecule is CS(=O)(=O)c1ccc([C@@H](CCO)N2CCNCC2)cc1. The standard InChI is InChI=1S/C14H22N2O3S/c1-20(18,19)13-4-2-12(3-5-13)14(6-11-17)16-9-7-15-8-10-16/h2-5,14-15,17H,6-11H2,1H3/t14-/m1/s1. The van der Waals surface area contributed by atoms with E-state index in [-0.39, 0.29) is 12.6 Å². The van der Waals surface area contributed by atoms with Crippen molar-refractivity contribution in [2.24, 2.45) is 0 Å². The highest BCUT2D eigenvalue weighted by molar-refractivity contribution is 7.90. The van der Waals surface area contributed by atoms with Crippen LogP contribution >= 0.6 is 0 Å². The Balaban J connectivity index is 2.20. The molecule has 1 aliphatic rings. The van der Waals surface area contributed by atoms with Gasteiger partial charge in [-0.3, -0.25) is 4.90 Å². The lowest BCUT2D eigenvalue weighted by Crippen LogP contribution is -2.45. The van der Waals surface area contributed by atoms with Crippen LogP contribution in [-0.2, 0) is 9.84 Å². The van der Waals surface area contributed by atoms with Gasteiger partial charge in [0.05, 0.1) is 4.90 Å². The number of aliphatic hydroxyl groups is 1. The third-order valence-electron chi connectivity index (χ3n) is 3.69. The monoisotopic (exact) mass is 298 g/mol. The number of piperazine rings is 1. The smallest absolute Gasteiger partial charge is 0.175 e. The summed E-state index contributed by atoms with van der Waals surface area (Å²) >= 11 is 0. The number of rotatable bonds is 5. The van der Waals surface area contributed by atoms with Gasteiger partial charge < -0.3 is 10.4 Å². The fraction of sp³-hybridized carbons (Fsp3) is 0.571.